The van der Waals surface area contributed by atoms with Crippen molar-refractivity contribution in [2.75, 3.05) is 19.0 Å². The van der Waals surface area contributed by atoms with Gasteiger partial charge in [0.1, 0.15) is 10.1 Å². The molecule has 0 aliphatic carbocycles. The van der Waals surface area contributed by atoms with Gasteiger partial charge in [0.15, 0.2) is 4.34 Å². The highest BCUT2D eigenvalue weighted by atomic mass is 32.2. The number of amides is 2. The number of hydrogen-bond donors (Lipinski definition) is 1. The quantitative estimate of drug-likeness (QED) is 0.0953. The summed E-state index contributed by atoms with van der Waals surface area (Å²) in [6.45, 7) is 0.375. The number of carbonyl (C=O) groups is 2. The maximum Gasteiger partial charge on any atom is 0.266 e. The largest absolute Gasteiger partial charge is 0.497 e. The highest BCUT2D eigenvalue weighted by Crippen LogP contribution is 2.33. The van der Waals surface area contributed by atoms with Gasteiger partial charge in [0.2, 0.25) is 11.0 Å². The van der Waals surface area contributed by atoms with E-state index < -0.39 is 0 Å². The van der Waals surface area contributed by atoms with Crippen molar-refractivity contribution in [2.24, 2.45) is 0 Å². The lowest BCUT2D eigenvalue weighted by Crippen LogP contribution is -2.29. The number of ether oxygens (including phenoxy) is 1. The van der Waals surface area contributed by atoms with Crippen LogP contribution in [-0.4, -0.2) is 44.9 Å². The van der Waals surface area contributed by atoms with Crippen LogP contribution in [0.1, 0.15) is 24.0 Å². The molecular formula is C28H24N4O3S4. The first-order chi connectivity index (χ1) is 19.0. The summed E-state index contributed by atoms with van der Waals surface area (Å²) in [6, 6.07) is 22.0. The van der Waals surface area contributed by atoms with Crippen LogP contribution in [0.2, 0.25) is 0 Å². The van der Waals surface area contributed by atoms with Crippen LogP contribution >= 0.6 is 47.1 Å². The molecule has 2 amide bonds. The lowest BCUT2D eigenvalue weighted by molar-refractivity contribution is -0.122. The van der Waals surface area contributed by atoms with Crippen LogP contribution in [0, 0.1) is 0 Å². The Morgan fingerprint density at radius 3 is 2.72 bits per heavy atom. The average molecular weight is 593 g/mol. The van der Waals surface area contributed by atoms with Gasteiger partial charge in [-0.3, -0.25) is 14.5 Å². The number of anilines is 1. The summed E-state index contributed by atoms with van der Waals surface area (Å²) in [7, 11) is 1.61. The van der Waals surface area contributed by atoms with Crippen molar-refractivity contribution in [1.82, 2.24) is 15.1 Å². The van der Waals surface area contributed by atoms with Crippen LogP contribution in [0.4, 0.5) is 5.13 Å². The molecule has 0 unspecified atom stereocenters. The van der Waals surface area contributed by atoms with E-state index in [4.69, 9.17) is 17.0 Å². The van der Waals surface area contributed by atoms with Crippen molar-refractivity contribution in [3.8, 4) is 5.75 Å². The second kappa shape index (κ2) is 12.7. The van der Waals surface area contributed by atoms with Gasteiger partial charge >= 0.3 is 0 Å². The Balaban J connectivity index is 1.09. The van der Waals surface area contributed by atoms with Gasteiger partial charge in [0, 0.05) is 18.7 Å². The maximum atomic E-state index is 12.9. The van der Waals surface area contributed by atoms with E-state index >= 15 is 0 Å². The van der Waals surface area contributed by atoms with Gasteiger partial charge in [0.05, 0.1) is 12.0 Å². The van der Waals surface area contributed by atoms with E-state index in [0.717, 1.165) is 21.4 Å². The molecule has 0 spiro atoms. The Morgan fingerprint density at radius 2 is 1.90 bits per heavy atom. The minimum atomic E-state index is -0.170. The molecule has 1 fully saturated rings. The normalized spacial score (nSPS) is 14.4. The number of nitrogens with one attached hydrogen (secondary N) is 1. The van der Waals surface area contributed by atoms with Gasteiger partial charge in [-0.15, -0.1) is 10.2 Å². The Bertz CT molecular complexity index is 1550. The molecule has 0 atom stereocenters. The third-order valence-electron chi connectivity index (χ3n) is 5.96. The van der Waals surface area contributed by atoms with E-state index in [2.05, 4.69) is 45.8 Å². The number of aromatic nitrogens is 2. The molecule has 0 radical (unpaired) electrons. The SMILES string of the molecule is COc1ccc(/C=C2\SC(=S)N(CCCC(=O)Nc3nnc(SCc4cccc5ccccc45)s3)C2=O)cc1. The molecule has 5 rings (SSSR count). The van der Waals surface area contributed by atoms with Crippen molar-refractivity contribution in [2.45, 2.75) is 22.9 Å². The van der Waals surface area contributed by atoms with Crippen LogP contribution in [-0.2, 0) is 15.3 Å². The molecule has 1 aromatic heterocycles. The maximum absolute atomic E-state index is 12.9. The number of nitrogens with zero attached hydrogens (tertiary/aromatic N) is 3. The Kier molecular flexibility index (Phi) is 8.92. The molecule has 4 aromatic rings. The second-order valence-electron chi connectivity index (χ2n) is 8.56. The van der Waals surface area contributed by atoms with Crippen molar-refractivity contribution in [1.29, 1.82) is 0 Å². The van der Waals surface area contributed by atoms with Crippen LogP contribution in [0.25, 0.3) is 16.8 Å². The molecular weight excluding hydrogens is 569 g/mol. The van der Waals surface area contributed by atoms with Crippen LogP contribution in [0.5, 0.6) is 5.75 Å². The predicted octanol–water partition coefficient (Wildman–Crippen LogP) is 6.61. The summed E-state index contributed by atoms with van der Waals surface area (Å²) in [5.74, 6) is 1.21. The van der Waals surface area contributed by atoms with Gasteiger partial charge in [-0.05, 0) is 46.5 Å². The fourth-order valence-corrected chi connectivity index (χ4v) is 7.08. The average Bonchev–Trinajstić information content (AvgIpc) is 3.51. The van der Waals surface area contributed by atoms with Crippen molar-refractivity contribution in [3.05, 3.63) is 82.8 Å². The summed E-state index contributed by atoms with van der Waals surface area (Å²) in [4.78, 5) is 27.5. The van der Waals surface area contributed by atoms with Crippen molar-refractivity contribution in [3.63, 3.8) is 0 Å². The molecule has 198 valence electrons. The van der Waals surface area contributed by atoms with Crippen molar-refractivity contribution < 1.29 is 14.3 Å². The summed E-state index contributed by atoms with van der Waals surface area (Å²) < 4.78 is 6.46. The molecule has 0 saturated carbocycles. The number of fused-ring (bicyclic) bond motifs is 1. The standard InChI is InChI=1S/C28H24N4O3S4/c1-35-21-13-11-18(12-14-21)16-23-25(34)32(28(36)38-23)15-5-10-24(33)29-26-30-31-27(39-26)37-17-20-8-4-7-19-6-2-3-9-22(19)20/h2-4,6-9,11-14,16H,5,10,15,17H2,1H3,(H,29,30,33)/b23-16-. The van der Waals surface area contributed by atoms with Crippen LogP contribution in [0.3, 0.4) is 0 Å². The first kappa shape index (κ1) is 27.3. The number of methoxy groups -OCH3 is 1. The smallest absolute Gasteiger partial charge is 0.266 e. The van der Waals surface area contributed by atoms with E-state index in [1.807, 2.05) is 42.5 Å². The molecule has 1 aliphatic heterocycles. The molecule has 39 heavy (non-hydrogen) atoms. The molecule has 1 aliphatic rings. The Morgan fingerprint density at radius 1 is 1.10 bits per heavy atom. The number of hydrogen-bond acceptors (Lipinski definition) is 9. The van der Waals surface area contributed by atoms with E-state index in [0.29, 0.717) is 27.3 Å². The first-order valence-electron chi connectivity index (χ1n) is 12.1. The number of benzene rings is 3. The molecule has 0 bridgehead atoms. The minimum Gasteiger partial charge on any atom is -0.497 e. The lowest BCUT2D eigenvalue weighted by atomic mass is 10.1. The van der Waals surface area contributed by atoms with E-state index in [-0.39, 0.29) is 18.2 Å². The fourth-order valence-electron chi connectivity index (χ4n) is 4.00. The van der Waals surface area contributed by atoms with Gasteiger partial charge in [0.25, 0.3) is 5.91 Å². The molecule has 2 heterocycles. The highest BCUT2D eigenvalue weighted by Gasteiger charge is 2.31. The zero-order chi connectivity index (χ0) is 27.2. The summed E-state index contributed by atoms with van der Waals surface area (Å²) in [5, 5.41) is 14.0. The molecule has 1 N–H and O–H groups in total. The molecule has 7 nitrogen and oxygen atoms in total. The van der Waals surface area contributed by atoms with Gasteiger partial charge < -0.3 is 10.1 Å². The third kappa shape index (κ3) is 6.85. The molecule has 11 heteroatoms. The fraction of sp³-hybridized carbons (Fsp3) is 0.179. The van der Waals surface area contributed by atoms with Crippen LogP contribution < -0.4 is 10.1 Å². The zero-order valence-electron chi connectivity index (χ0n) is 21.0. The number of carbonyl (C=O) groups excluding carboxylic acids is 2. The Labute approximate surface area is 244 Å². The van der Waals surface area contributed by atoms with Gasteiger partial charge in [-0.2, -0.15) is 0 Å². The molecule has 3 aromatic carbocycles. The number of rotatable bonds is 10. The van der Waals surface area contributed by atoms with Crippen LogP contribution in [0.15, 0.2) is 76.0 Å². The number of thiocarbonyl (C=S) groups is 1. The van der Waals surface area contributed by atoms with E-state index in [1.165, 1.54) is 39.4 Å². The van der Waals surface area contributed by atoms with E-state index in [9.17, 15) is 9.59 Å². The lowest BCUT2D eigenvalue weighted by Gasteiger charge is -2.13. The van der Waals surface area contributed by atoms with Gasteiger partial charge in [-0.25, -0.2) is 0 Å². The zero-order valence-corrected chi connectivity index (χ0v) is 24.2. The minimum absolute atomic E-state index is 0.141. The second-order valence-corrected chi connectivity index (χ2v) is 12.4. The monoisotopic (exact) mass is 592 g/mol. The summed E-state index contributed by atoms with van der Waals surface area (Å²) in [6.07, 6.45) is 2.54. The third-order valence-corrected chi connectivity index (χ3v) is 9.36. The predicted molar refractivity (Wildman–Crippen MR) is 164 cm³/mol. The summed E-state index contributed by atoms with van der Waals surface area (Å²) >= 11 is 9.63. The van der Waals surface area contributed by atoms with E-state index in [1.54, 1.807) is 23.8 Å². The molecule has 1 saturated heterocycles. The first-order valence-corrected chi connectivity index (χ1v) is 15.1. The number of thioether (sulfide) groups is 2. The van der Waals surface area contributed by atoms with Gasteiger partial charge in [-0.1, -0.05) is 102 Å². The Hall–Kier alpha value is -3.25. The highest BCUT2D eigenvalue weighted by molar-refractivity contribution is 8.26. The van der Waals surface area contributed by atoms with Crippen molar-refractivity contribution >= 4 is 85.2 Å². The summed E-state index contributed by atoms with van der Waals surface area (Å²) in [5.41, 5.74) is 2.12. The topological polar surface area (TPSA) is 84.4 Å².